The Morgan fingerprint density at radius 1 is 1.00 bits per heavy atom. The molecule has 0 aliphatic carbocycles. The quantitative estimate of drug-likeness (QED) is 0.586. The number of furan rings is 1. The second kappa shape index (κ2) is 9.60. The lowest BCUT2D eigenvalue weighted by atomic mass is 9.97. The van der Waals surface area contributed by atoms with Gasteiger partial charge in [-0.05, 0) is 48.6 Å². The van der Waals surface area contributed by atoms with Gasteiger partial charge in [0.2, 0.25) is 10.0 Å². The first-order valence-corrected chi connectivity index (χ1v) is 12.1. The Balaban J connectivity index is 1.34. The first-order chi connectivity index (χ1) is 14.6. The van der Waals surface area contributed by atoms with Gasteiger partial charge in [0.25, 0.3) is 0 Å². The molecular weight excluding hydrogens is 396 g/mol. The maximum atomic E-state index is 12.5. The Labute approximate surface area is 178 Å². The van der Waals surface area contributed by atoms with Gasteiger partial charge in [-0.2, -0.15) is 0 Å². The van der Waals surface area contributed by atoms with E-state index in [0.29, 0.717) is 12.5 Å². The van der Waals surface area contributed by atoms with Gasteiger partial charge in [-0.3, -0.25) is 4.90 Å². The van der Waals surface area contributed by atoms with Crippen LogP contribution < -0.4 is 4.72 Å². The highest BCUT2D eigenvalue weighted by molar-refractivity contribution is 7.88. The van der Waals surface area contributed by atoms with Crippen LogP contribution in [0.1, 0.15) is 24.0 Å². The molecule has 1 fully saturated rings. The van der Waals surface area contributed by atoms with Crippen LogP contribution in [-0.2, 0) is 22.3 Å². The molecule has 0 saturated carbocycles. The van der Waals surface area contributed by atoms with Crippen molar-refractivity contribution in [3.8, 4) is 11.3 Å². The number of benzene rings is 2. The first kappa shape index (κ1) is 20.8. The van der Waals surface area contributed by atoms with E-state index in [1.54, 1.807) is 6.26 Å². The van der Waals surface area contributed by atoms with Gasteiger partial charge in [0.1, 0.15) is 5.76 Å². The highest BCUT2D eigenvalue weighted by Gasteiger charge is 2.23. The van der Waals surface area contributed by atoms with Crippen molar-refractivity contribution < 1.29 is 12.8 Å². The lowest BCUT2D eigenvalue weighted by Gasteiger charge is -2.33. The summed E-state index contributed by atoms with van der Waals surface area (Å²) in [5.41, 5.74) is 3.16. The van der Waals surface area contributed by atoms with E-state index in [1.807, 2.05) is 48.5 Å². The van der Waals surface area contributed by atoms with Gasteiger partial charge >= 0.3 is 0 Å². The van der Waals surface area contributed by atoms with Gasteiger partial charge in [0.05, 0.1) is 12.0 Å². The third kappa shape index (κ3) is 5.59. The summed E-state index contributed by atoms with van der Waals surface area (Å²) < 4.78 is 33.3. The molecule has 1 saturated heterocycles. The number of nitrogens with zero attached hydrogens (tertiary/aromatic N) is 1. The molecule has 2 heterocycles. The van der Waals surface area contributed by atoms with Gasteiger partial charge in [-0.25, -0.2) is 13.1 Å². The maximum Gasteiger partial charge on any atom is 0.215 e. The standard InChI is InChI=1S/C24H28N2O3S/c27-30(28,19-20-8-2-1-3-9-20)25-16-21-10-6-14-26(17-21)18-22-11-4-5-12-23(22)24-13-7-15-29-24/h1-5,7-9,11-13,15,21,25H,6,10,14,16-19H2. The molecule has 1 atom stereocenters. The molecule has 1 aliphatic heterocycles. The molecular formula is C24H28N2O3S. The largest absolute Gasteiger partial charge is 0.464 e. The van der Waals surface area contributed by atoms with Crippen molar-refractivity contribution in [2.45, 2.75) is 25.1 Å². The summed E-state index contributed by atoms with van der Waals surface area (Å²) >= 11 is 0. The third-order valence-corrected chi connectivity index (χ3v) is 6.91. The zero-order chi connectivity index (χ0) is 20.8. The molecule has 1 unspecified atom stereocenters. The van der Waals surface area contributed by atoms with Crippen LogP contribution in [-0.4, -0.2) is 33.0 Å². The Kier molecular flexibility index (Phi) is 6.67. The Bertz CT molecular complexity index is 1030. The molecule has 1 aromatic heterocycles. The second-order valence-electron chi connectivity index (χ2n) is 7.97. The molecule has 2 aromatic carbocycles. The molecule has 6 heteroatoms. The van der Waals surface area contributed by atoms with Gasteiger partial charge < -0.3 is 4.42 Å². The Morgan fingerprint density at radius 2 is 1.80 bits per heavy atom. The zero-order valence-electron chi connectivity index (χ0n) is 17.0. The number of nitrogens with one attached hydrogen (secondary N) is 1. The van der Waals surface area contributed by atoms with Gasteiger partial charge in [0, 0.05) is 25.2 Å². The van der Waals surface area contributed by atoms with E-state index < -0.39 is 10.0 Å². The summed E-state index contributed by atoms with van der Waals surface area (Å²) in [7, 11) is -3.33. The van der Waals surface area contributed by atoms with Crippen molar-refractivity contribution in [2.24, 2.45) is 5.92 Å². The lowest BCUT2D eigenvalue weighted by Crippen LogP contribution is -2.40. The normalized spacial score (nSPS) is 17.8. The number of likely N-dealkylation sites (tertiary alicyclic amines) is 1. The molecule has 5 nitrogen and oxygen atoms in total. The van der Waals surface area contributed by atoms with E-state index in [9.17, 15) is 8.42 Å². The Hall–Kier alpha value is -2.41. The topological polar surface area (TPSA) is 62.6 Å². The van der Waals surface area contributed by atoms with Gasteiger partial charge in [-0.1, -0.05) is 54.6 Å². The first-order valence-electron chi connectivity index (χ1n) is 10.4. The highest BCUT2D eigenvalue weighted by atomic mass is 32.2. The summed E-state index contributed by atoms with van der Waals surface area (Å²) in [6, 6.07) is 21.5. The number of hydrogen-bond donors (Lipinski definition) is 1. The summed E-state index contributed by atoms with van der Waals surface area (Å²) in [5, 5.41) is 0. The van der Waals surface area contributed by atoms with Gasteiger partial charge in [-0.15, -0.1) is 0 Å². The fraction of sp³-hybridized carbons (Fsp3) is 0.333. The molecule has 0 spiro atoms. The second-order valence-corrected chi connectivity index (χ2v) is 9.78. The van der Waals surface area contributed by atoms with E-state index >= 15 is 0 Å². The molecule has 1 N–H and O–H groups in total. The van der Waals surface area contributed by atoms with Crippen LogP contribution in [0.5, 0.6) is 0 Å². The average Bonchev–Trinajstić information content (AvgIpc) is 3.28. The number of sulfonamides is 1. The Morgan fingerprint density at radius 3 is 2.60 bits per heavy atom. The van der Waals surface area contributed by atoms with Crippen LogP contribution in [0.2, 0.25) is 0 Å². The molecule has 4 rings (SSSR count). The maximum absolute atomic E-state index is 12.5. The van der Waals surface area contributed by atoms with Crippen LogP contribution in [0, 0.1) is 5.92 Å². The van der Waals surface area contributed by atoms with E-state index in [4.69, 9.17) is 4.42 Å². The highest BCUT2D eigenvalue weighted by Crippen LogP contribution is 2.27. The fourth-order valence-corrected chi connectivity index (χ4v) is 5.35. The summed E-state index contributed by atoms with van der Waals surface area (Å²) in [4.78, 5) is 2.42. The molecule has 0 bridgehead atoms. The number of piperidine rings is 1. The minimum Gasteiger partial charge on any atom is -0.464 e. The van der Waals surface area contributed by atoms with E-state index in [0.717, 1.165) is 49.4 Å². The number of hydrogen-bond acceptors (Lipinski definition) is 4. The predicted molar refractivity (Wildman–Crippen MR) is 119 cm³/mol. The van der Waals surface area contributed by atoms with Crippen molar-refractivity contribution in [1.29, 1.82) is 0 Å². The van der Waals surface area contributed by atoms with Crippen LogP contribution in [0.15, 0.2) is 77.4 Å². The molecule has 0 radical (unpaired) electrons. The molecule has 30 heavy (non-hydrogen) atoms. The monoisotopic (exact) mass is 424 g/mol. The summed E-state index contributed by atoms with van der Waals surface area (Å²) in [6.45, 7) is 3.25. The van der Waals surface area contributed by atoms with E-state index in [2.05, 4.69) is 27.8 Å². The van der Waals surface area contributed by atoms with Crippen molar-refractivity contribution in [3.63, 3.8) is 0 Å². The molecule has 0 amide bonds. The molecule has 1 aliphatic rings. The van der Waals surface area contributed by atoms with Crippen molar-refractivity contribution in [1.82, 2.24) is 9.62 Å². The minimum absolute atomic E-state index is 0.0286. The smallest absolute Gasteiger partial charge is 0.215 e. The van der Waals surface area contributed by atoms with Crippen LogP contribution >= 0.6 is 0 Å². The van der Waals surface area contributed by atoms with Crippen LogP contribution in [0.25, 0.3) is 11.3 Å². The van der Waals surface area contributed by atoms with Crippen molar-refractivity contribution in [2.75, 3.05) is 19.6 Å². The summed E-state index contributed by atoms with van der Waals surface area (Å²) in [6.07, 6.45) is 3.82. The van der Waals surface area contributed by atoms with Crippen LogP contribution in [0.3, 0.4) is 0 Å². The van der Waals surface area contributed by atoms with Crippen molar-refractivity contribution >= 4 is 10.0 Å². The third-order valence-electron chi connectivity index (χ3n) is 5.59. The zero-order valence-corrected chi connectivity index (χ0v) is 17.9. The van der Waals surface area contributed by atoms with Crippen LogP contribution in [0.4, 0.5) is 0 Å². The van der Waals surface area contributed by atoms with Gasteiger partial charge in [0.15, 0.2) is 0 Å². The van der Waals surface area contributed by atoms with Crippen molar-refractivity contribution in [3.05, 3.63) is 84.1 Å². The average molecular weight is 425 g/mol. The summed E-state index contributed by atoms with van der Waals surface area (Å²) in [5.74, 6) is 1.23. The number of rotatable bonds is 8. The SMILES string of the molecule is O=S(=O)(Cc1ccccc1)NCC1CCCN(Cc2ccccc2-c2ccco2)C1. The molecule has 158 valence electrons. The fourth-order valence-electron chi connectivity index (χ4n) is 4.12. The van der Waals surface area contributed by atoms with E-state index in [-0.39, 0.29) is 5.75 Å². The minimum atomic E-state index is -3.33. The lowest BCUT2D eigenvalue weighted by molar-refractivity contribution is 0.169. The predicted octanol–water partition coefficient (Wildman–Crippen LogP) is 4.28. The van der Waals surface area contributed by atoms with E-state index in [1.165, 1.54) is 5.56 Å². The molecule has 3 aromatic rings.